The minimum atomic E-state index is -0.256. The summed E-state index contributed by atoms with van der Waals surface area (Å²) < 4.78 is 12.1. The SMILES string of the molecule is C=C(B1OC(C)(C)C(C)(C)O1)C1CCNCC1. The lowest BCUT2D eigenvalue weighted by Gasteiger charge is -2.32. The van der Waals surface area contributed by atoms with Crippen LogP contribution in [0.5, 0.6) is 0 Å². The topological polar surface area (TPSA) is 30.5 Å². The molecule has 0 saturated carbocycles. The Kier molecular flexibility index (Phi) is 3.41. The van der Waals surface area contributed by atoms with E-state index in [1.54, 1.807) is 0 Å². The predicted octanol–water partition coefficient (Wildman–Crippen LogP) is 2.17. The molecule has 0 unspecified atom stereocenters. The Balaban J connectivity index is 2.02. The molecular formula is C13H24BNO2. The molecule has 0 bridgehead atoms. The van der Waals surface area contributed by atoms with Crippen molar-refractivity contribution in [1.82, 2.24) is 5.32 Å². The molecule has 3 nitrogen and oxygen atoms in total. The van der Waals surface area contributed by atoms with E-state index in [1.165, 1.54) is 0 Å². The van der Waals surface area contributed by atoms with Gasteiger partial charge in [0.2, 0.25) is 0 Å². The molecule has 2 heterocycles. The van der Waals surface area contributed by atoms with Gasteiger partial charge in [0, 0.05) is 0 Å². The Morgan fingerprint density at radius 3 is 2.06 bits per heavy atom. The molecule has 2 aliphatic heterocycles. The van der Waals surface area contributed by atoms with Crippen LogP contribution in [0.1, 0.15) is 40.5 Å². The highest BCUT2D eigenvalue weighted by atomic mass is 16.7. The fraction of sp³-hybridized carbons (Fsp3) is 0.846. The van der Waals surface area contributed by atoms with Crippen LogP contribution in [-0.4, -0.2) is 31.4 Å². The average molecular weight is 237 g/mol. The molecule has 0 aliphatic carbocycles. The maximum atomic E-state index is 6.04. The van der Waals surface area contributed by atoms with Gasteiger partial charge in [-0.2, -0.15) is 0 Å². The van der Waals surface area contributed by atoms with Crippen LogP contribution in [0, 0.1) is 5.92 Å². The molecule has 0 spiro atoms. The lowest BCUT2D eigenvalue weighted by molar-refractivity contribution is 0.00578. The number of allylic oxidation sites excluding steroid dienone is 1. The monoisotopic (exact) mass is 237 g/mol. The van der Waals surface area contributed by atoms with Crippen LogP contribution in [-0.2, 0) is 9.31 Å². The van der Waals surface area contributed by atoms with Crippen molar-refractivity contribution in [2.75, 3.05) is 13.1 Å². The second-order valence-electron chi connectivity index (χ2n) is 6.19. The molecule has 2 aliphatic rings. The largest absolute Gasteiger partial charge is 0.490 e. The van der Waals surface area contributed by atoms with E-state index in [1.807, 2.05) is 0 Å². The summed E-state index contributed by atoms with van der Waals surface area (Å²) in [6.45, 7) is 14.7. The van der Waals surface area contributed by atoms with Gasteiger partial charge in [0.1, 0.15) is 0 Å². The van der Waals surface area contributed by atoms with E-state index in [9.17, 15) is 0 Å². The van der Waals surface area contributed by atoms with Gasteiger partial charge in [0.15, 0.2) is 0 Å². The fourth-order valence-corrected chi connectivity index (χ4v) is 2.38. The summed E-state index contributed by atoms with van der Waals surface area (Å²) in [5.74, 6) is 0.533. The third-order valence-corrected chi connectivity index (χ3v) is 4.42. The van der Waals surface area contributed by atoms with E-state index in [-0.39, 0.29) is 18.3 Å². The van der Waals surface area contributed by atoms with Crippen LogP contribution < -0.4 is 5.32 Å². The number of hydrogen-bond acceptors (Lipinski definition) is 3. The fourth-order valence-electron chi connectivity index (χ4n) is 2.38. The first kappa shape index (κ1) is 13.1. The van der Waals surface area contributed by atoms with E-state index in [0.29, 0.717) is 5.92 Å². The van der Waals surface area contributed by atoms with Gasteiger partial charge in [-0.25, -0.2) is 0 Å². The van der Waals surface area contributed by atoms with Crippen molar-refractivity contribution in [1.29, 1.82) is 0 Å². The number of piperidine rings is 1. The summed E-state index contributed by atoms with van der Waals surface area (Å²) in [6, 6.07) is 0. The summed E-state index contributed by atoms with van der Waals surface area (Å²) in [5, 5.41) is 3.37. The van der Waals surface area contributed by atoms with Crippen molar-refractivity contribution >= 4 is 7.12 Å². The number of rotatable bonds is 2. The first-order valence-electron chi connectivity index (χ1n) is 6.58. The van der Waals surface area contributed by atoms with Crippen LogP contribution >= 0.6 is 0 Å². The first-order valence-corrected chi connectivity index (χ1v) is 6.58. The third kappa shape index (κ3) is 2.44. The van der Waals surface area contributed by atoms with E-state index < -0.39 is 0 Å². The molecule has 96 valence electrons. The van der Waals surface area contributed by atoms with Crippen LogP contribution in [0.4, 0.5) is 0 Å². The van der Waals surface area contributed by atoms with E-state index >= 15 is 0 Å². The Bertz CT molecular complexity index is 293. The van der Waals surface area contributed by atoms with Crippen molar-refractivity contribution in [2.24, 2.45) is 5.92 Å². The molecule has 0 aromatic rings. The Hall–Kier alpha value is -0.315. The summed E-state index contributed by atoms with van der Waals surface area (Å²) in [6.07, 6.45) is 2.28. The van der Waals surface area contributed by atoms with Crippen molar-refractivity contribution < 1.29 is 9.31 Å². The third-order valence-electron chi connectivity index (χ3n) is 4.42. The van der Waals surface area contributed by atoms with Gasteiger partial charge in [0.05, 0.1) is 11.2 Å². The lowest BCUT2D eigenvalue weighted by atomic mass is 9.69. The molecule has 17 heavy (non-hydrogen) atoms. The van der Waals surface area contributed by atoms with Gasteiger partial charge >= 0.3 is 7.12 Å². The van der Waals surface area contributed by atoms with E-state index in [4.69, 9.17) is 9.31 Å². The van der Waals surface area contributed by atoms with Crippen molar-refractivity contribution in [3.05, 3.63) is 12.1 Å². The van der Waals surface area contributed by atoms with Crippen molar-refractivity contribution in [3.8, 4) is 0 Å². The quantitative estimate of drug-likeness (QED) is 0.746. The maximum absolute atomic E-state index is 6.04. The van der Waals surface area contributed by atoms with Crippen molar-refractivity contribution in [2.45, 2.75) is 51.7 Å². The van der Waals surface area contributed by atoms with Crippen LogP contribution in [0.25, 0.3) is 0 Å². The zero-order chi connectivity index (χ0) is 12.7. The highest BCUT2D eigenvalue weighted by Gasteiger charge is 2.52. The molecule has 0 radical (unpaired) electrons. The average Bonchev–Trinajstić information content (AvgIpc) is 2.48. The van der Waals surface area contributed by atoms with Gasteiger partial charge in [-0.05, 0) is 65.0 Å². The minimum absolute atomic E-state index is 0.233. The van der Waals surface area contributed by atoms with Gasteiger partial charge < -0.3 is 14.6 Å². The predicted molar refractivity (Wildman–Crippen MR) is 70.8 cm³/mol. The number of hydrogen-bond donors (Lipinski definition) is 1. The molecule has 2 rings (SSSR count). The number of nitrogens with one attached hydrogen (secondary N) is 1. The van der Waals surface area contributed by atoms with Crippen molar-refractivity contribution in [3.63, 3.8) is 0 Å². The second kappa shape index (κ2) is 4.41. The summed E-state index contributed by atoms with van der Waals surface area (Å²) in [5.41, 5.74) is 0.603. The van der Waals surface area contributed by atoms with Gasteiger partial charge in [-0.15, -0.1) is 6.58 Å². The smallest absolute Gasteiger partial charge is 0.400 e. The highest BCUT2D eigenvalue weighted by Crippen LogP contribution is 2.40. The van der Waals surface area contributed by atoms with Crippen LogP contribution in [0.15, 0.2) is 12.1 Å². The molecule has 0 aromatic heterocycles. The highest BCUT2D eigenvalue weighted by molar-refractivity contribution is 6.54. The molecule has 1 N–H and O–H groups in total. The summed E-state index contributed by atoms with van der Waals surface area (Å²) in [4.78, 5) is 0. The Labute approximate surface area is 105 Å². The lowest BCUT2D eigenvalue weighted by Crippen LogP contribution is -2.41. The zero-order valence-electron chi connectivity index (χ0n) is 11.5. The minimum Gasteiger partial charge on any atom is -0.400 e. The summed E-state index contributed by atoms with van der Waals surface area (Å²) in [7, 11) is -0.233. The molecular weight excluding hydrogens is 213 g/mol. The Morgan fingerprint density at radius 1 is 1.12 bits per heavy atom. The summed E-state index contributed by atoms with van der Waals surface area (Å²) >= 11 is 0. The van der Waals surface area contributed by atoms with Gasteiger partial charge in [-0.3, -0.25) is 0 Å². The zero-order valence-corrected chi connectivity index (χ0v) is 11.5. The molecule has 2 saturated heterocycles. The van der Waals surface area contributed by atoms with E-state index in [0.717, 1.165) is 31.4 Å². The van der Waals surface area contributed by atoms with E-state index in [2.05, 4.69) is 39.6 Å². The maximum Gasteiger partial charge on any atom is 0.490 e. The van der Waals surface area contributed by atoms with Gasteiger partial charge in [0.25, 0.3) is 0 Å². The Morgan fingerprint density at radius 2 is 1.59 bits per heavy atom. The van der Waals surface area contributed by atoms with Crippen LogP contribution in [0.3, 0.4) is 0 Å². The molecule has 2 fully saturated rings. The second-order valence-corrected chi connectivity index (χ2v) is 6.19. The van der Waals surface area contributed by atoms with Crippen LogP contribution in [0.2, 0.25) is 0 Å². The molecule has 0 aromatic carbocycles. The standard InChI is InChI=1S/C13H24BNO2/c1-10(11-6-8-15-9-7-11)14-16-12(2,3)13(4,5)17-14/h11,15H,1,6-9H2,2-5H3. The first-order chi connectivity index (χ1) is 7.83. The molecule has 0 atom stereocenters. The van der Waals surface area contributed by atoms with Gasteiger partial charge in [-0.1, -0.05) is 0 Å². The molecule has 0 amide bonds. The normalized spacial score (nSPS) is 28.4. The molecule has 4 heteroatoms.